The van der Waals surface area contributed by atoms with Crippen LogP contribution in [0.15, 0.2) is 12.1 Å². The van der Waals surface area contributed by atoms with Gasteiger partial charge in [0.15, 0.2) is 11.5 Å². The molecule has 2 rings (SSSR count). The molecule has 0 aromatic heterocycles. The molecule has 0 radical (unpaired) electrons. The first-order chi connectivity index (χ1) is 10.3. The van der Waals surface area contributed by atoms with E-state index in [2.05, 4.69) is 0 Å². The summed E-state index contributed by atoms with van der Waals surface area (Å²) in [5.41, 5.74) is 5.46. The molecule has 0 fully saturated rings. The van der Waals surface area contributed by atoms with E-state index in [-0.39, 0.29) is 12.8 Å². The Morgan fingerprint density at radius 2 is 1.95 bits per heavy atom. The number of nitrogens with two attached hydrogens (primary N) is 1. The van der Waals surface area contributed by atoms with Gasteiger partial charge in [0.1, 0.15) is 5.67 Å². The van der Waals surface area contributed by atoms with E-state index in [1.807, 2.05) is 0 Å². The largest absolute Gasteiger partial charge is 0.490 e. The van der Waals surface area contributed by atoms with Gasteiger partial charge in [0.05, 0.1) is 13.2 Å². The van der Waals surface area contributed by atoms with E-state index in [1.165, 1.54) is 13.8 Å². The third-order valence-electron chi connectivity index (χ3n) is 3.63. The van der Waals surface area contributed by atoms with Crippen LogP contribution in [-0.2, 0) is 10.5 Å². The zero-order valence-corrected chi connectivity index (χ0v) is 12.9. The number of fused-ring (bicyclic) bond motifs is 1. The quantitative estimate of drug-likeness (QED) is 0.873. The molecule has 1 atom stereocenters. The van der Waals surface area contributed by atoms with Crippen LogP contribution in [-0.4, -0.2) is 24.3 Å². The van der Waals surface area contributed by atoms with Gasteiger partial charge in [-0.1, -0.05) is 0 Å². The van der Waals surface area contributed by atoms with Crippen LogP contribution in [0.25, 0.3) is 0 Å². The highest BCUT2D eigenvalue weighted by molar-refractivity contribution is 5.66. The van der Waals surface area contributed by atoms with Crippen molar-refractivity contribution in [2.24, 2.45) is 5.73 Å². The lowest BCUT2D eigenvalue weighted by atomic mass is 9.89. The van der Waals surface area contributed by atoms with E-state index in [0.29, 0.717) is 35.8 Å². The number of halogens is 1. The molecule has 0 aliphatic carbocycles. The lowest BCUT2D eigenvalue weighted by Gasteiger charge is -2.24. The summed E-state index contributed by atoms with van der Waals surface area (Å²) in [6, 6.07) is 2.73. The summed E-state index contributed by atoms with van der Waals surface area (Å²) >= 11 is 0. The van der Waals surface area contributed by atoms with Gasteiger partial charge in [-0.3, -0.25) is 4.79 Å². The van der Waals surface area contributed by atoms with Crippen molar-refractivity contribution in [1.29, 1.82) is 0 Å². The molecule has 22 heavy (non-hydrogen) atoms. The van der Waals surface area contributed by atoms with Gasteiger partial charge >= 0.3 is 5.97 Å². The second-order valence-electron chi connectivity index (χ2n) is 5.95. The molecule has 0 bridgehead atoms. The fourth-order valence-corrected chi connectivity index (χ4v) is 2.48. The van der Waals surface area contributed by atoms with E-state index >= 15 is 0 Å². The summed E-state index contributed by atoms with van der Waals surface area (Å²) in [6.07, 6.45) is 0.920. The van der Waals surface area contributed by atoms with Gasteiger partial charge in [-0.25, -0.2) is 4.39 Å². The molecule has 0 amide bonds. The first-order valence-corrected chi connectivity index (χ1v) is 7.39. The molecule has 122 valence electrons. The Balaban J connectivity index is 2.41. The molecular formula is C16H22FNO4. The Bertz CT molecular complexity index is 554. The van der Waals surface area contributed by atoms with Gasteiger partial charge < -0.3 is 20.3 Å². The fraction of sp³-hybridized carbons (Fsp3) is 0.562. The minimum atomic E-state index is -1.61. The number of carbonyl (C=O) groups is 1. The van der Waals surface area contributed by atoms with E-state index in [1.54, 1.807) is 12.1 Å². The number of carboxylic acid groups (broad SMARTS) is 1. The van der Waals surface area contributed by atoms with Gasteiger partial charge in [0, 0.05) is 18.9 Å². The lowest BCUT2D eigenvalue weighted by molar-refractivity contribution is -0.137. The number of hydrogen-bond donors (Lipinski definition) is 2. The first-order valence-electron chi connectivity index (χ1n) is 7.39. The molecule has 1 aliphatic heterocycles. The highest BCUT2D eigenvalue weighted by Gasteiger charge is 2.28. The Labute approximate surface area is 129 Å². The topological polar surface area (TPSA) is 81.8 Å². The van der Waals surface area contributed by atoms with Crippen molar-refractivity contribution in [2.75, 3.05) is 13.2 Å². The highest BCUT2D eigenvalue weighted by Crippen LogP contribution is 2.40. The third kappa shape index (κ3) is 3.88. The van der Waals surface area contributed by atoms with Crippen LogP contribution >= 0.6 is 0 Å². The molecule has 3 N–H and O–H groups in total. The van der Waals surface area contributed by atoms with Crippen LogP contribution in [0, 0.1) is 0 Å². The van der Waals surface area contributed by atoms with Gasteiger partial charge in [-0.2, -0.15) is 0 Å². The maximum atomic E-state index is 14.5. The minimum Gasteiger partial charge on any atom is -0.490 e. The highest BCUT2D eigenvalue weighted by atomic mass is 19.1. The predicted molar refractivity (Wildman–Crippen MR) is 80.0 cm³/mol. The molecule has 1 heterocycles. The van der Waals surface area contributed by atoms with Gasteiger partial charge in [0.2, 0.25) is 0 Å². The van der Waals surface area contributed by atoms with Gasteiger partial charge in [0.25, 0.3) is 0 Å². The van der Waals surface area contributed by atoms with Crippen molar-refractivity contribution in [3.63, 3.8) is 0 Å². The monoisotopic (exact) mass is 311 g/mol. The molecule has 0 saturated heterocycles. The summed E-state index contributed by atoms with van der Waals surface area (Å²) in [5, 5.41) is 8.79. The van der Waals surface area contributed by atoms with Crippen LogP contribution in [0.2, 0.25) is 0 Å². The van der Waals surface area contributed by atoms with Crippen molar-refractivity contribution < 1.29 is 23.8 Å². The molecule has 0 saturated carbocycles. The Morgan fingerprint density at radius 3 is 2.50 bits per heavy atom. The summed E-state index contributed by atoms with van der Waals surface area (Å²) < 4.78 is 25.7. The van der Waals surface area contributed by atoms with E-state index in [0.717, 1.165) is 6.42 Å². The van der Waals surface area contributed by atoms with Crippen molar-refractivity contribution in [3.8, 4) is 11.5 Å². The van der Waals surface area contributed by atoms with Gasteiger partial charge in [-0.05, 0) is 43.5 Å². The third-order valence-corrected chi connectivity index (χ3v) is 3.63. The van der Waals surface area contributed by atoms with E-state index in [4.69, 9.17) is 20.3 Å². The molecule has 1 aliphatic rings. The molecule has 5 nitrogen and oxygen atoms in total. The van der Waals surface area contributed by atoms with Crippen LogP contribution in [0.4, 0.5) is 4.39 Å². The van der Waals surface area contributed by atoms with Crippen molar-refractivity contribution in [3.05, 3.63) is 23.3 Å². The zero-order chi connectivity index (χ0) is 16.3. The number of aliphatic carboxylic acids is 1. The maximum Gasteiger partial charge on any atom is 0.303 e. The number of benzene rings is 1. The second-order valence-corrected chi connectivity index (χ2v) is 5.95. The Kier molecular flexibility index (Phi) is 4.90. The van der Waals surface area contributed by atoms with Gasteiger partial charge in [-0.15, -0.1) is 0 Å². The average molecular weight is 311 g/mol. The maximum absolute atomic E-state index is 14.5. The van der Waals surface area contributed by atoms with Crippen LogP contribution < -0.4 is 15.2 Å². The lowest BCUT2D eigenvalue weighted by Crippen LogP contribution is -2.20. The minimum absolute atomic E-state index is 0.0677. The average Bonchev–Trinajstić information content (AvgIpc) is 2.66. The molecular weight excluding hydrogens is 289 g/mol. The second kappa shape index (κ2) is 6.52. The standard InChI is InChI=1S/C16H22FNO4/c1-16(2,17)11-9-14-13(21-6-3-7-22-14)8-10(11)12(18)4-5-15(19)20/h8-9,12H,3-7,18H2,1-2H3,(H,19,20). The van der Waals surface area contributed by atoms with Crippen molar-refractivity contribution in [1.82, 2.24) is 0 Å². The summed E-state index contributed by atoms with van der Waals surface area (Å²) in [6.45, 7) is 3.93. The van der Waals surface area contributed by atoms with Crippen LogP contribution in [0.1, 0.15) is 50.3 Å². The zero-order valence-electron chi connectivity index (χ0n) is 12.9. The summed E-state index contributed by atoms with van der Waals surface area (Å²) in [4.78, 5) is 10.7. The first kappa shape index (κ1) is 16.5. The summed E-state index contributed by atoms with van der Waals surface area (Å²) in [7, 11) is 0. The van der Waals surface area contributed by atoms with Crippen molar-refractivity contribution in [2.45, 2.75) is 44.8 Å². The normalized spacial score (nSPS) is 16.0. The van der Waals surface area contributed by atoms with E-state index < -0.39 is 17.7 Å². The summed E-state index contributed by atoms with van der Waals surface area (Å²) in [5.74, 6) is 0.115. The number of alkyl halides is 1. The van der Waals surface area contributed by atoms with Crippen LogP contribution in [0.5, 0.6) is 11.5 Å². The molecule has 1 aromatic rings. The molecule has 1 aromatic carbocycles. The fourth-order valence-electron chi connectivity index (χ4n) is 2.48. The molecule has 0 spiro atoms. The number of hydrogen-bond acceptors (Lipinski definition) is 4. The molecule has 1 unspecified atom stereocenters. The molecule has 6 heteroatoms. The smallest absolute Gasteiger partial charge is 0.303 e. The Hall–Kier alpha value is -1.82. The number of carboxylic acids is 1. The Morgan fingerprint density at radius 1 is 1.36 bits per heavy atom. The number of ether oxygens (including phenoxy) is 2. The van der Waals surface area contributed by atoms with Crippen molar-refractivity contribution >= 4 is 5.97 Å². The SMILES string of the molecule is CC(C)(F)c1cc2c(cc1C(N)CCC(=O)O)OCCCO2. The van der Waals surface area contributed by atoms with Crippen LogP contribution in [0.3, 0.4) is 0 Å². The predicted octanol–water partition coefficient (Wildman–Crippen LogP) is 2.92. The van der Waals surface area contributed by atoms with E-state index in [9.17, 15) is 9.18 Å². The number of rotatable bonds is 5.